The maximum Gasteiger partial charge on any atom is 0.180 e. The average Bonchev–Trinajstić information content (AvgIpc) is 2.28. The van der Waals surface area contributed by atoms with E-state index in [-0.39, 0.29) is 18.2 Å². The molecule has 3 heteroatoms. The van der Waals surface area contributed by atoms with Gasteiger partial charge in [-0.3, -0.25) is 0 Å². The standard InChI is InChI=1S/C8H15NO2/c1-5(10-4)8-6(2)11-7(3)9-8/h5-6,8H,1-4H3. The van der Waals surface area contributed by atoms with E-state index >= 15 is 0 Å². The summed E-state index contributed by atoms with van der Waals surface area (Å²) in [6, 6.07) is 0.167. The van der Waals surface area contributed by atoms with Crippen LogP contribution in [0, 0.1) is 0 Å². The van der Waals surface area contributed by atoms with Crippen molar-refractivity contribution in [2.24, 2.45) is 4.99 Å². The molecule has 0 aromatic rings. The predicted molar refractivity (Wildman–Crippen MR) is 43.9 cm³/mol. The van der Waals surface area contributed by atoms with Crippen LogP contribution in [0.5, 0.6) is 0 Å². The van der Waals surface area contributed by atoms with E-state index in [1.165, 1.54) is 0 Å². The summed E-state index contributed by atoms with van der Waals surface area (Å²) in [6.07, 6.45) is 0.299. The molecule has 3 nitrogen and oxygen atoms in total. The Bertz CT molecular complexity index is 167. The Labute approximate surface area is 67.4 Å². The first-order valence-corrected chi connectivity index (χ1v) is 3.89. The minimum Gasteiger partial charge on any atom is -0.476 e. The first-order chi connectivity index (χ1) is 5.15. The Morgan fingerprint density at radius 1 is 1.64 bits per heavy atom. The highest BCUT2D eigenvalue weighted by atomic mass is 16.5. The molecule has 0 saturated carbocycles. The Balaban J connectivity index is 2.58. The predicted octanol–water partition coefficient (Wildman–Crippen LogP) is 1.23. The lowest BCUT2D eigenvalue weighted by atomic mass is 10.1. The highest BCUT2D eigenvalue weighted by Crippen LogP contribution is 2.17. The minimum atomic E-state index is 0.141. The molecular formula is C8H15NO2. The largest absolute Gasteiger partial charge is 0.476 e. The molecule has 0 bridgehead atoms. The molecular weight excluding hydrogens is 142 g/mol. The second-order valence-corrected chi connectivity index (χ2v) is 2.90. The summed E-state index contributed by atoms with van der Waals surface area (Å²) in [5.41, 5.74) is 0. The average molecular weight is 157 g/mol. The third kappa shape index (κ3) is 1.71. The van der Waals surface area contributed by atoms with Crippen LogP contribution in [0.15, 0.2) is 4.99 Å². The van der Waals surface area contributed by atoms with Crippen LogP contribution >= 0.6 is 0 Å². The summed E-state index contributed by atoms with van der Waals surface area (Å²) in [6.45, 7) is 5.89. The molecule has 64 valence electrons. The molecule has 0 aromatic heterocycles. The summed E-state index contributed by atoms with van der Waals surface area (Å²) >= 11 is 0. The summed E-state index contributed by atoms with van der Waals surface area (Å²) < 4.78 is 10.5. The van der Waals surface area contributed by atoms with Crippen LogP contribution < -0.4 is 0 Å². The Morgan fingerprint density at radius 3 is 2.64 bits per heavy atom. The first kappa shape index (κ1) is 8.53. The van der Waals surface area contributed by atoms with E-state index in [0.717, 1.165) is 5.90 Å². The number of nitrogens with zero attached hydrogens (tertiary/aromatic N) is 1. The van der Waals surface area contributed by atoms with Gasteiger partial charge in [0, 0.05) is 14.0 Å². The number of aliphatic imine (C=N–C) groups is 1. The highest BCUT2D eigenvalue weighted by molar-refractivity contribution is 5.75. The zero-order valence-electron chi connectivity index (χ0n) is 7.50. The molecule has 0 aromatic carbocycles. The van der Waals surface area contributed by atoms with Crippen molar-refractivity contribution in [3.63, 3.8) is 0 Å². The van der Waals surface area contributed by atoms with Crippen molar-refractivity contribution in [1.29, 1.82) is 0 Å². The van der Waals surface area contributed by atoms with Gasteiger partial charge in [0.15, 0.2) is 5.90 Å². The van der Waals surface area contributed by atoms with E-state index in [0.29, 0.717) is 0 Å². The van der Waals surface area contributed by atoms with E-state index in [2.05, 4.69) is 4.99 Å². The molecule has 1 aliphatic rings. The van der Waals surface area contributed by atoms with Crippen molar-refractivity contribution in [2.75, 3.05) is 7.11 Å². The molecule has 0 saturated heterocycles. The molecule has 3 unspecified atom stereocenters. The van der Waals surface area contributed by atoms with Crippen molar-refractivity contribution in [3.8, 4) is 0 Å². The fraction of sp³-hybridized carbons (Fsp3) is 0.875. The fourth-order valence-corrected chi connectivity index (χ4v) is 1.31. The highest BCUT2D eigenvalue weighted by Gasteiger charge is 2.29. The van der Waals surface area contributed by atoms with Gasteiger partial charge in [-0.2, -0.15) is 0 Å². The van der Waals surface area contributed by atoms with E-state index < -0.39 is 0 Å². The van der Waals surface area contributed by atoms with E-state index in [4.69, 9.17) is 9.47 Å². The summed E-state index contributed by atoms with van der Waals surface area (Å²) in [4.78, 5) is 4.31. The van der Waals surface area contributed by atoms with Gasteiger partial charge >= 0.3 is 0 Å². The van der Waals surface area contributed by atoms with E-state index in [1.807, 2.05) is 20.8 Å². The molecule has 0 spiro atoms. The van der Waals surface area contributed by atoms with Crippen LogP contribution in [0.3, 0.4) is 0 Å². The maximum absolute atomic E-state index is 5.37. The van der Waals surface area contributed by atoms with Crippen molar-refractivity contribution >= 4 is 5.90 Å². The lowest BCUT2D eigenvalue weighted by Gasteiger charge is -2.17. The normalized spacial score (nSPS) is 32.9. The maximum atomic E-state index is 5.37. The SMILES string of the molecule is COC(C)C1N=C(C)OC1C. The zero-order chi connectivity index (χ0) is 8.43. The second kappa shape index (κ2) is 3.22. The van der Waals surface area contributed by atoms with Crippen molar-refractivity contribution < 1.29 is 9.47 Å². The zero-order valence-corrected chi connectivity index (χ0v) is 7.50. The lowest BCUT2D eigenvalue weighted by molar-refractivity contribution is 0.0633. The van der Waals surface area contributed by atoms with Gasteiger partial charge in [-0.1, -0.05) is 0 Å². The van der Waals surface area contributed by atoms with Gasteiger partial charge < -0.3 is 9.47 Å². The van der Waals surface area contributed by atoms with Gasteiger partial charge in [-0.05, 0) is 13.8 Å². The van der Waals surface area contributed by atoms with Crippen molar-refractivity contribution in [3.05, 3.63) is 0 Å². The molecule has 3 atom stereocenters. The van der Waals surface area contributed by atoms with Crippen LogP contribution in [0.4, 0.5) is 0 Å². The quantitative estimate of drug-likeness (QED) is 0.603. The third-order valence-corrected chi connectivity index (χ3v) is 2.02. The summed E-state index contributed by atoms with van der Waals surface area (Å²) in [7, 11) is 1.70. The van der Waals surface area contributed by atoms with Crippen LogP contribution in [-0.4, -0.2) is 31.3 Å². The Hall–Kier alpha value is -0.570. The third-order valence-electron chi connectivity index (χ3n) is 2.02. The van der Waals surface area contributed by atoms with Gasteiger partial charge in [0.25, 0.3) is 0 Å². The molecule has 0 aliphatic carbocycles. The Morgan fingerprint density at radius 2 is 2.27 bits per heavy atom. The Kier molecular flexibility index (Phi) is 2.49. The molecule has 0 radical (unpaired) electrons. The minimum absolute atomic E-state index is 0.141. The van der Waals surface area contributed by atoms with Gasteiger partial charge in [-0.15, -0.1) is 0 Å². The van der Waals surface area contributed by atoms with Crippen molar-refractivity contribution in [2.45, 2.75) is 39.0 Å². The molecule has 11 heavy (non-hydrogen) atoms. The smallest absolute Gasteiger partial charge is 0.180 e. The van der Waals surface area contributed by atoms with Gasteiger partial charge in [-0.25, -0.2) is 4.99 Å². The van der Waals surface area contributed by atoms with Crippen LogP contribution in [-0.2, 0) is 9.47 Å². The number of methoxy groups -OCH3 is 1. The number of hydrogen-bond acceptors (Lipinski definition) is 3. The number of rotatable bonds is 2. The topological polar surface area (TPSA) is 30.8 Å². The first-order valence-electron chi connectivity index (χ1n) is 3.89. The summed E-state index contributed by atoms with van der Waals surface area (Å²) in [5, 5.41) is 0. The molecule has 1 aliphatic heterocycles. The van der Waals surface area contributed by atoms with Crippen LogP contribution in [0.1, 0.15) is 20.8 Å². The van der Waals surface area contributed by atoms with Gasteiger partial charge in [0.05, 0.1) is 6.10 Å². The molecule has 1 heterocycles. The van der Waals surface area contributed by atoms with Crippen LogP contribution in [0.2, 0.25) is 0 Å². The fourth-order valence-electron chi connectivity index (χ4n) is 1.31. The number of hydrogen-bond donors (Lipinski definition) is 0. The van der Waals surface area contributed by atoms with Crippen LogP contribution in [0.25, 0.3) is 0 Å². The van der Waals surface area contributed by atoms with E-state index in [1.54, 1.807) is 7.11 Å². The molecule has 0 amide bonds. The summed E-state index contributed by atoms with van der Waals surface area (Å²) in [5.74, 6) is 0.770. The van der Waals surface area contributed by atoms with Gasteiger partial charge in [0.1, 0.15) is 12.1 Å². The molecule has 1 rings (SSSR count). The van der Waals surface area contributed by atoms with E-state index in [9.17, 15) is 0 Å². The monoisotopic (exact) mass is 157 g/mol. The second-order valence-electron chi connectivity index (χ2n) is 2.90. The molecule has 0 fully saturated rings. The van der Waals surface area contributed by atoms with Crippen molar-refractivity contribution in [1.82, 2.24) is 0 Å². The molecule has 0 N–H and O–H groups in total. The van der Waals surface area contributed by atoms with Gasteiger partial charge in [0.2, 0.25) is 0 Å². The number of ether oxygens (including phenoxy) is 2. The lowest BCUT2D eigenvalue weighted by Crippen LogP contribution is -2.30.